The van der Waals surface area contributed by atoms with Gasteiger partial charge < -0.3 is 10.3 Å². The van der Waals surface area contributed by atoms with Gasteiger partial charge in [0, 0.05) is 12.6 Å². The number of halogens is 1. The van der Waals surface area contributed by atoms with Gasteiger partial charge in [-0.3, -0.25) is 14.2 Å². The molecule has 2 aromatic carbocycles. The Hall–Kier alpha value is -2.80. The Balaban J connectivity index is 1.91. The lowest BCUT2D eigenvalue weighted by Crippen LogP contribution is -2.27. The molecule has 2 N–H and O–H groups in total. The Morgan fingerprint density at radius 2 is 2.04 bits per heavy atom. The molecule has 0 radical (unpaired) electrons. The molecule has 7 heteroatoms. The molecule has 1 amide bonds. The number of rotatable bonds is 3. The van der Waals surface area contributed by atoms with Crippen LogP contribution < -0.4 is 10.9 Å². The first kappa shape index (κ1) is 17.0. The summed E-state index contributed by atoms with van der Waals surface area (Å²) in [5, 5.41) is 3.27. The SMILES string of the molecule is CC(NC(=O)c1ccc2c(=O)n(C)c(=S)[nH]c2c1)c1cccc(F)c1. The molecule has 1 unspecified atom stereocenters. The van der Waals surface area contributed by atoms with Crippen LogP contribution in [0.15, 0.2) is 47.3 Å². The van der Waals surface area contributed by atoms with Crippen LogP contribution in [0.3, 0.4) is 0 Å². The number of benzene rings is 2. The molecule has 3 rings (SSSR count). The fraction of sp³-hybridized carbons (Fsp3) is 0.167. The molecule has 128 valence electrons. The van der Waals surface area contributed by atoms with Gasteiger partial charge in [0.2, 0.25) is 0 Å². The molecule has 1 atom stereocenters. The molecule has 3 aromatic rings. The number of hydrogen-bond donors (Lipinski definition) is 2. The van der Waals surface area contributed by atoms with E-state index >= 15 is 0 Å². The number of aromatic nitrogens is 2. The van der Waals surface area contributed by atoms with E-state index in [0.29, 0.717) is 22.0 Å². The predicted molar refractivity (Wildman–Crippen MR) is 96.7 cm³/mol. The quantitative estimate of drug-likeness (QED) is 0.707. The van der Waals surface area contributed by atoms with E-state index < -0.39 is 0 Å². The van der Waals surface area contributed by atoms with Gasteiger partial charge in [-0.2, -0.15) is 0 Å². The lowest BCUT2D eigenvalue weighted by atomic mass is 10.1. The van der Waals surface area contributed by atoms with Crippen LogP contribution in [0.4, 0.5) is 4.39 Å². The topological polar surface area (TPSA) is 66.9 Å². The first-order valence-corrected chi connectivity index (χ1v) is 8.07. The Bertz CT molecular complexity index is 1090. The Morgan fingerprint density at radius 3 is 2.76 bits per heavy atom. The molecule has 1 heterocycles. The Labute approximate surface area is 148 Å². The van der Waals surface area contributed by atoms with Crippen molar-refractivity contribution >= 4 is 29.0 Å². The Morgan fingerprint density at radius 1 is 1.28 bits per heavy atom. The van der Waals surface area contributed by atoms with E-state index in [0.717, 1.165) is 0 Å². The van der Waals surface area contributed by atoms with Crippen LogP contribution in [0.5, 0.6) is 0 Å². The minimum absolute atomic E-state index is 0.223. The molecular formula is C18H16FN3O2S. The van der Waals surface area contributed by atoms with Crippen molar-refractivity contribution in [2.24, 2.45) is 7.05 Å². The molecule has 0 saturated heterocycles. The highest BCUT2D eigenvalue weighted by Gasteiger charge is 2.13. The average molecular weight is 357 g/mol. The fourth-order valence-electron chi connectivity index (χ4n) is 2.59. The molecule has 0 aliphatic carbocycles. The highest BCUT2D eigenvalue weighted by molar-refractivity contribution is 7.71. The summed E-state index contributed by atoms with van der Waals surface area (Å²) in [6, 6.07) is 10.5. The highest BCUT2D eigenvalue weighted by atomic mass is 32.1. The zero-order chi connectivity index (χ0) is 18.1. The van der Waals surface area contributed by atoms with Gasteiger partial charge in [-0.05, 0) is 55.0 Å². The molecule has 1 aromatic heterocycles. The maximum absolute atomic E-state index is 13.3. The van der Waals surface area contributed by atoms with Crippen molar-refractivity contribution in [3.05, 3.63) is 74.5 Å². The van der Waals surface area contributed by atoms with Crippen molar-refractivity contribution in [1.29, 1.82) is 0 Å². The number of nitrogens with zero attached hydrogens (tertiary/aromatic N) is 1. The number of carbonyl (C=O) groups is 1. The number of H-pyrrole nitrogens is 1. The van der Waals surface area contributed by atoms with E-state index in [4.69, 9.17) is 12.2 Å². The van der Waals surface area contributed by atoms with Crippen LogP contribution in [0.2, 0.25) is 0 Å². The standard InChI is InChI=1S/C18H16FN3O2S/c1-10(11-4-3-5-13(19)8-11)20-16(23)12-6-7-14-15(9-12)21-18(25)22(2)17(14)24/h3-10H,1-2H3,(H,20,23)(H,21,25). The molecule has 0 saturated carbocycles. The minimum atomic E-state index is -0.360. The van der Waals surface area contributed by atoms with Crippen LogP contribution in [-0.2, 0) is 7.05 Å². The average Bonchev–Trinajstić information content (AvgIpc) is 2.59. The normalized spacial score (nSPS) is 12.1. The summed E-state index contributed by atoms with van der Waals surface area (Å²) in [4.78, 5) is 27.6. The van der Waals surface area contributed by atoms with E-state index in [9.17, 15) is 14.0 Å². The number of aromatic amines is 1. The van der Waals surface area contributed by atoms with Crippen LogP contribution in [-0.4, -0.2) is 15.5 Å². The number of hydrogen-bond acceptors (Lipinski definition) is 3. The van der Waals surface area contributed by atoms with E-state index in [2.05, 4.69) is 10.3 Å². The number of nitrogens with one attached hydrogen (secondary N) is 2. The fourth-order valence-corrected chi connectivity index (χ4v) is 2.78. The van der Waals surface area contributed by atoms with Crippen molar-refractivity contribution in [1.82, 2.24) is 14.9 Å². The molecule has 0 spiro atoms. The minimum Gasteiger partial charge on any atom is -0.346 e. The van der Waals surface area contributed by atoms with Gasteiger partial charge in [0.05, 0.1) is 16.9 Å². The second-order valence-corrected chi connectivity index (χ2v) is 6.19. The van der Waals surface area contributed by atoms with Gasteiger partial charge >= 0.3 is 0 Å². The lowest BCUT2D eigenvalue weighted by molar-refractivity contribution is 0.0940. The first-order chi connectivity index (χ1) is 11.9. The summed E-state index contributed by atoms with van der Waals surface area (Å²) in [6.07, 6.45) is 0. The second-order valence-electron chi connectivity index (χ2n) is 5.80. The summed E-state index contributed by atoms with van der Waals surface area (Å²) >= 11 is 5.09. The second kappa shape index (κ2) is 6.60. The zero-order valence-electron chi connectivity index (χ0n) is 13.7. The smallest absolute Gasteiger partial charge is 0.261 e. The molecule has 25 heavy (non-hydrogen) atoms. The van der Waals surface area contributed by atoms with Crippen molar-refractivity contribution in [2.45, 2.75) is 13.0 Å². The van der Waals surface area contributed by atoms with E-state index in [1.54, 1.807) is 44.3 Å². The van der Waals surface area contributed by atoms with E-state index in [-0.39, 0.29) is 28.1 Å². The van der Waals surface area contributed by atoms with Gasteiger partial charge in [0.15, 0.2) is 4.77 Å². The monoisotopic (exact) mass is 357 g/mol. The maximum Gasteiger partial charge on any atom is 0.261 e. The van der Waals surface area contributed by atoms with Gasteiger partial charge in [-0.15, -0.1) is 0 Å². The van der Waals surface area contributed by atoms with E-state index in [1.807, 2.05) is 0 Å². The molecule has 0 aliphatic heterocycles. The van der Waals surface area contributed by atoms with Gasteiger partial charge in [0.1, 0.15) is 5.82 Å². The molecule has 0 bridgehead atoms. The maximum atomic E-state index is 13.3. The van der Waals surface area contributed by atoms with Crippen LogP contribution in [0.25, 0.3) is 10.9 Å². The van der Waals surface area contributed by atoms with Gasteiger partial charge in [-0.1, -0.05) is 12.1 Å². The summed E-state index contributed by atoms with van der Waals surface area (Å²) in [5.41, 5.74) is 1.33. The van der Waals surface area contributed by atoms with Crippen LogP contribution in [0, 0.1) is 10.6 Å². The third-order valence-electron chi connectivity index (χ3n) is 4.06. The first-order valence-electron chi connectivity index (χ1n) is 7.66. The molecule has 5 nitrogen and oxygen atoms in total. The molecular weight excluding hydrogens is 341 g/mol. The largest absolute Gasteiger partial charge is 0.346 e. The third kappa shape index (κ3) is 3.36. The van der Waals surface area contributed by atoms with Crippen molar-refractivity contribution < 1.29 is 9.18 Å². The summed E-state index contributed by atoms with van der Waals surface area (Å²) in [5.74, 6) is -0.675. The van der Waals surface area contributed by atoms with Gasteiger partial charge in [0.25, 0.3) is 11.5 Å². The molecule has 0 fully saturated rings. The summed E-state index contributed by atoms with van der Waals surface area (Å²) in [6.45, 7) is 1.77. The van der Waals surface area contributed by atoms with Crippen LogP contribution >= 0.6 is 12.2 Å². The highest BCUT2D eigenvalue weighted by Crippen LogP contribution is 2.16. The number of amides is 1. The summed E-state index contributed by atoms with van der Waals surface area (Å²) < 4.78 is 14.9. The third-order valence-corrected chi connectivity index (χ3v) is 4.44. The zero-order valence-corrected chi connectivity index (χ0v) is 14.5. The Kier molecular flexibility index (Phi) is 4.50. The summed E-state index contributed by atoms with van der Waals surface area (Å²) in [7, 11) is 1.59. The number of fused-ring (bicyclic) bond motifs is 1. The van der Waals surface area contributed by atoms with Crippen LogP contribution in [0.1, 0.15) is 28.9 Å². The molecule has 0 aliphatic rings. The van der Waals surface area contributed by atoms with Crippen molar-refractivity contribution in [2.75, 3.05) is 0 Å². The number of carbonyl (C=O) groups excluding carboxylic acids is 1. The van der Waals surface area contributed by atoms with E-state index in [1.165, 1.54) is 16.7 Å². The predicted octanol–water partition coefficient (Wildman–Crippen LogP) is 3.23. The van der Waals surface area contributed by atoms with Gasteiger partial charge in [-0.25, -0.2) is 4.39 Å². The van der Waals surface area contributed by atoms with Crippen molar-refractivity contribution in [3.8, 4) is 0 Å². The van der Waals surface area contributed by atoms with Crippen molar-refractivity contribution in [3.63, 3.8) is 0 Å². The lowest BCUT2D eigenvalue weighted by Gasteiger charge is -2.15.